The molecule has 0 saturated carbocycles. The van der Waals surface area contributed by atoms with Gasteiger partial charge in [-0.05, 0) is 25.6 Å². The Morgan fingerprint density at radius 3 is 2.60 bits per heavy atom. The van der Waals surface area contributed by atoms with Crippen molar-refractivity contribution in [1.82, 2.24) is 4.90 Å². The van der Waals surface area contributed by atoms with E-state index < -0.39 is 0 Å². The van der Waals surface area contributed by atoms with E-state index in [9.17, 15) is 0 Å². The molecule has 15 heavy (non-hydrogen) atoms. The Morgan fingerprint density at radius 2 is 2.00 bits per heavy atom. The minimum atomic E-state index is 0.132. The zero-order valence-electron chi connectivity index (χ0n) is 8.80. The number of alkyl halides is 1. The lowest BCUT2D eigenvalue weighted by atomic mass is 10.2. The average molecular weight is 267 g/mol. The lowest BCUT2D eigenvalue weighted by Crippen LogP contribution is -2.24. The van der Waals surface area contributed by atoms with Crippen LogP contribution in [-0.2, 0) is 6.54 Å². The van der Waals surface area contributed by atoms with Crippen molar-refractivity contribution in [2.24, 2.45) is 0 Å². The molecule has 0 spiro atoms. The summed E-state index contributed by atoms with van der Waals surface area (Å²) in [6.45, 7) is 3.55. The van der Waals surface area contributed by atoms with E-state index in [2.05, 4.69) is 4.90 Å². The third kappa shape index (κ3) is 4.20. The molecule has 0 aliphatic carbocycles. The Labute approximate surface area is 106 Å². The van der Waals surface area contributed by atoms with E-state index in [4.69, 9.17) is 34.8 Å². The van der Waals surface area contributed by atoms with Crippen LogP contribution in [0, 0.1) is 0 Å². The van der Waals surface area contributed by atoms with E-state index >= 15 is 0 Å². The fraction of sp³-hybridized carbons (Fsp3) is 0.455. The molecule has 84 valence electrons. The van der Waals surface area contributed by atoms with E-state index in [1.807, 2.05) is 26.1 Å². The zero-order chi connectivity index (χ0) is 11.4. The molecule has 0 N–H and O–H groups in total. The molecule has 0 saturated heterocycles. The van der Waals surface area contributed by atoms with Gasteiger partial charge in [-0.15, -0.1) is 11.6 Å². The van der Waals surface area contributed by atoms with Gasteiger partial charge >= 0.3 is 0 Å². The van der Waals surface area contributed by atoms with Crippen LogP contribution in [0.4, 0.5) is 0 Å². The van der Waals surface area contributed by atoms with Crippen LogP contribution in [0.5, 0.6) is 0 Å². The second-order valence-electron chi connectivity index (χ2n) is 3.69. The van der Waals surface area contributed by atoms with E-state index in [1.165, 1.54) is 0 Å². The molecule has 0 amide bonds. The Balaban J connectivity index is 2.68. The van der Waals surface area contributed by atoms with Crippen molar-refractivity contribution in [3.05, 3.63) is 33.8 Å². The molecule has 0 bridgehead atoms. The summed E-state index contributed by atoms with van der Waals surface area (Å²) >= 11 is 17.9. The highest BCUT2D eigenvalue weighted by atomic mass is 35.5. The Bertz CT molecular complexity index is 326. The summed E-state index contributed by atoms with van der Waals surface area (Å²) in [5, 5.41) is 1.36. The number of hydrogen-bond donors (Lipinski definition) is 0. The quantitative estimate of drug-likeness (QED) is 0.743. The fourth-order valence-electron chi connectivity index (χ4n) is 1.46. The first-order chi connectivity index (χ1) is 7.00. The zero-order valence-corrected chi connectivity index (χ0v) is 11.1. The molecule has 1 aromatic carbocycles. The summed E-state index contributed by atoms with van der Waals surface area (Å²) in [6, 6.07) is 5.67. The van der Waals surface area contributed by atoms with Crippen LogP contribution < -0.4 is 0 Å². The first kappa shape index (κ1) is 13.1. The molecular formula is C11H14Cl3N. The largest absolute Gasteiger partial charge is 0.301 e. The number of benzene rings is 1. The average Bonchev–Trinajstić information content (AvgIpc) is 2.11. The molecule has 4 heteroatoms. The van der Waals surface area contributed by atoms with Crippen LogP contribution in [0.1, 0.15) is 12.5 Å². The van der Waals surface area contributed by atoms with Crippen LogP contribution in [0.3, 0.4) is 0 Å². The first-order valence-electron chi connectivity index (χ1n) is 4.76. The van der Waals surface area contributed by atoms with Gasteiger partial charge in [-0.25, -0.2) is 0 Å². The summed E-state index contributed by atoms with van der Waals surface area (Å²) in [5.41, 5.74) is 1.03. The van der Waals surface area contributed by atoms with Crippen LogP contribution >= 0.6 is 34.8 Å². The summed E-state index contributed by atoms with van der Waals surface area (Å²) in [5.74, 6) is 0. The van der Waals surface area contributed by atoms with Gasteiger partial charge in [0.15, 0.2) is 0 Å². The third-order valence-electron chi connectivity index (χ3n) is 2.04. The van der Waals surface area contributed by atoms with Crippen LogP contribution in [0.15, 0.2) is 18.2 Å². The van der Waals surface area contributed by atoms with Gasteiger partial charge in [0.05, 0.1) is 10.0 Å². The predicted molar refractivity (Wildman–Crippen MR) is 68.1 cm³/mol. The molecule has 1 rings (SSSR count). The SMILES string of the molecule is CC(Cl)CN(C)Cc1cccc(Cl)c1Cl. The normalized spacial score (nSPS) is 13.2. The Kier molecular flexibility index (Phi) is 5.20. The molecule has 1 atom stereocenters. The predicted octanol–water partition coefficient (Wildman–Crippen LogP) is 4.05. The topological polar surface area (TPSA) is 3.24 Å². The minimum Gasteiger partial charge on any atom is -0.301 e. The maximum Gasteiger partial charge on any atom is 0.0637 e. The molecule has 0 fully saturated rings. The van der Waals surface area contributed by atoms with Crippen molar-refractivity contribution in [2.45, 2.75) is 18.8 Å². The van der Waals surface area contributed by atoms with Crippen LogP contribution in [-0.4, -0.2) is 23.9 Å². The summed E-state index contributed by atoms with van der Waals surface area (Å²) in [6.07, 6.45) is 0. The Hall–Kier alpha value is 0.0500. The van der Waals surface area contributed by atoms with Gasteiger partial charge in [-0.2, -0.15) is 0 Å². The van der Waals surface area contributed by atoms with E-state index in [-0.39, 0.29) is 5.38 Å². The minimum absolute atomic E-state index is 0.132. The van der Waals surface area contributed by atoms with Gasteiger partial charge in [0, 0.05) is 18.5 Å². The first-order valence-corrected chi connectivity index (χ1v) is 5.95. The highest BCUT2D eigenvalue weighted by molar-refractivity contribution is 6.42. The van der Waals surface area contributed by atoms with Gasteiger partial charge in [-0.1, -0.05) is 35.3 Å². The monoisotopic (exact) mass is 265 g/mol. The van der Waals surface area contributed by atoms with Crippen LogP contribution in [0.2, 0.25) is 10.0 Å². The van der Waals surface area contributed by atoms with Gasteiger partial charge in [0.25, 0.3) is 0 Å². The number of hydrogen-bond acceptors (Lipinski definition) is 1. The number of halogens is 3. The molecule has 0 aliphatic rings. The lowest BCUT2D eigenvalue weighted by Gasteiger charge is -2.18. The highest BCUT2D eigenvalue weighted by Crippen LogP contribution is 2.26. The van der Waals surface area contributed by atoms with E-state index in [0.717, 1.165) is 18.7 Å². The summed E-state index contributed by atoms with van der Waals surface area (Å²) in [7, 11) is 2.01. The standard InChI is InChI=1S/C11H14Cl3N/c1-8(12)6-15(2)7-9-4-3-5-10(13)11(9)14/h3-5,8H,6-7H2,1-2H3. The van der Waals surface area contributed by atoms with Crippen molar-refractivity contribution in [2.75, 3.05) is 13.6 Å². The van der Waals surface area contributed by atoms with Crippen molar-refractivity contribution in [3.63, 3.8) is 0 Å². The van der Waals surface area contributed by atoms with Gasteiger partial charge < -0.3 is 4.90 Å². The maximum absolute atomic E-state index is 6.08. The summed E-state index contributed by atoms with van der Waals surface area (Å²) < 4.78 is 0. The highest BCUT2D eigenvalue weighted by Gasteiger charge is 2.08. The molecule has 1 nitrogen and oxygen atoms in total. The van der Waals surface area contributed by atoms with Crippen LogP contribution in [0.25, 0.3) is 0 Å². The molecule has 1 aromatic rings. The molecule has 0 aliphatic heterocycles. The second kappa shape index (κ2) is 5.95. The van der Waals surface area contributed by atoms with Crippen molar-refractivity contribution >= 4 is 34.8 Å². The third-order valence-corrected chi connectivity index (χ3v) is 3.03. The lowest BCUT2D eigenvalue weighted by molar-refractivity contribution is 0.330. The van der Waals surface area contributed by atoms with Gasteiger partial charge in [-0.3, -0.25) is 0 Å². The molecule has 1 unspecified atom stereocenters. The van der Waals surface area contributed by atoms with Gasteiger partial charge in [0.2, 0.25) is 0 Å². The smallest absolute Gasteiger partial charge is 0.0637 e. The number of rotatable bonds is 4. The van der Waals surface area contributed by atoms with Crippen molar-refractivity contribution < 1.29 is 0 Å². The van der Waals surface area contributed by atoms with E-state index in [0.29, 0.717) is 10.0 Å². The fourth-order valence-corrected chi connectivity index (χ4v) is 2.07. The van der Waals surface area contributed by atoms with Crippen molar-refractivity contribution in [1.29, 1.82) is 0 Å². The van der Waals surface area contributed by atoms with Crippen molar-refractivity contribution in [3.8, 4) is 0 Å². The Morgan fingerprint density at radius 1 is 1.33 bits per heavy atom. The molecule has 0 heterocycles. The molecule has 0 radical (unpaired) electrons. The van der Waals surface area contributed by atoms with E-state index in [1.54, 1.807) is 6.07 Å². The molecule has 0 aromatic heterocycles. The number of nitrogens with zero attached hydrogens (tertiary/aromatic N) is 1. The second-order valence-corrected chi connectivity index (χ2v) is 5.22. The summed E-state index contributed by atoms with van der Waals surface area (Å²) in [4.78, 5) is 2.12. The molecular weight excluding hydrogens is 252 g/mol. The van der Waals surface area contributed by atoms with Gasteiger partial charge in [0.1, 0.15) is 0 Å². The maximum atomic E-state index is 6.08.